The van der Waals surface area contributed by atoms with Crippen LogP contribution in [-0.2, 0) is 0 Å². The minimum atomic E-state index is -1.33. The van der Waals surface area contributed by atoms with Crippen LogP contribution in [0.4, 0.5) is 4.39 Å². The number of aliphatic hydroxyl groups excluding tert-OH is 2. The third-order valence-corrected chi connectivity index (χ3v) is 2.26. The van der Waals surface area contributed by atoms with Crippen LogP contribution < -0.4 is 0 Å². The molecule has 0 aliphatic carbocycles. The van der Waals surface area contributed by atoms with E-state index in [-0.39, 0.29) is 11.3 Å². The fourth-order valence-corrected chi connectivity index (χ4v) is 1.28. The lowest BCUT2D eigenvalue weighted by Crippen LogP contribution is -2.19. The van der Waals surface area contributed by atoms with Crippen molar-refractivity contribution in [2.45, 2.75) is 12.2 Å². The van der Waals surface area contributed by atoms with E-state index in [2.05, 4.69) is 12.6 Å². The van der Waals surface area contributed by atoms with Crippen LogP contribution in [0.3, 0.4) is 0 Å². The number of thiol groups is 1. The second-order valence-corrected chi connectivity index (χ2v) is 3.24. The van der Waals surface area contributed by atoms with Crippen molar-refractivity contribution in [3.05, 3.63) is 29.6 Å². The molecule has 14 heavy (non-hydrogen) atoms. The van der Waals surface area contributed by atoms with Crippen LogP contribution in [0, 0.1) is 5.82 Å². The molecule has 2 unspecified atom stereocenters. The lowest BCUT2D eigenvalue weighted by molar-refractivity contribution is 0.0319. The number of rotatable bonds is 3. The number of phenolic OH excluding ortho intramolecular Hbond substituents is 1. The highest BCUT2D eigenvalue weighted by molar-refractivity contribution is 7.80. The average Bonchev–Trinajstić information content (AvgIpc) is 2.20. The number of para-hydroxylation sites is 1. The van der Waals surface area contributed by atoms with Crippen LogP contribution in [0.15, 0.2) is 18.2 Å². The van der Waals surface area contributed by atoms with Gasteiger partial charge in [-0.15, -0.1) is 0 Å². The van der Waals surface area contributed by atoms with Crippen LogP contribution in [0.2, 0.25) is 0 Å². The van der Waals surface area contributed by atoms with E-state index in [0.29, 0.717) is 0 Å². The summed E-state index contributed by atoms with van der Waals surface area (Å²) in [5, 5.41) is 27.9. The Balaban J connectivity index is 3.01. The largest absolute Gasteiger partial charge is 0.505 e. The number of hydrogen-bond acceptors (Lipinski definition) is 4. The van der Waals surface area contributed by atoms with E-state index >= 15 is 0 Å². The number of aromatic hydroxyl groups is 1. The van der Waals surface area contributed by atoms with Gasteiger partial charge in [-0.3, -0.25) is 0 Å². The summed E-state index contributed by atoms with van der Waals surface area (Å²) in [6.45, 7) is 0. The summed E-state index contributed by atoms with van der Waals surface area (Å²) in [6, 6.07) is 3.76. The SMILES string of the molecule is Oc1c(F)cccc1C(O)C(O)CS. The molecule has 0 aliphatic heterocycles. The molecule has 0 aliphatic rings. The standard InChI is InChI=1S/C9H11FO3S/c10-6-3-1-2-5(8(6)12)9(13)7(11)4-14/h1-3,7,9,11-14H,4H2. The van der Waals surface area contributed by atoms with Crippen molar-refractivity contribution in [2.75, 3.05) is 5.75 Å². The van der Waals surface area contributed by atoms with Crippen molar-refractivity contribution < 1.29 is 19.7 Å². The second kappa shape index (κ2) is 4.63. The monoisotopic (exact) mass is 218 g/mol. The molecule has 0 amide bonds. The third-order valence-electron chi connectivity index (χ3n) is 1.89. The van der Waals surface area contributed by atoms with Crippen LogP contribution in [0.1, 0.15) is 11.7 Å². The van der Waals surface area contributed by atoms with E-state index in [0.717, 1.165) is 6.07 Å². The molecule has 5 heteroatoms. The molecule has 0 bridgehead atoms. The van der Waals surface area contributed by atoms with E-state index in [9.17, 15) is 19.7 Å². The first-order valence-electron chi connectivity index (χ1n) is 4.02. The first kappa shape index (κ1) is 11.3. The zero-order valence-electron chi connectivity index (χ0n) is 7.26. The van der Waals surface area contributed by atoms with Crippen molar-refractivity contribution in [3.8, 4) is 5.75 Å². The maximum Gasteiger partial charge on any atom is 0.165 e. The quantitative estimate of drug-likeness (QED) is 0.569. The molecule has 2 atom stereocenters. The molecule has 0 aromatic heterocycles. The van der Waals surface area contributed by atoms with Gasteiger partial charge in [-0.2, -0.15) is 12.6 Å². The smallest absolute Gasteiger partial charge is 0.165 e. The van der Waals surface area contributed by atoms with Gasteiger partial charge in [0, 0.05) is 11.3 Å². The first-order chi connectivity index (χ1) is 6.57. The van der Waals surface area contributed by atoms with Crippen molar-refractivity contribution >= 4 is 12.6 Å². The summed E-state index contributed by atoms with van der Waals surface area (Å²) in [5.74, 6) is -1.44. The molecular weight excluding hydrogens is 207 g/mol. The van der Waals surface area contributed by atoms with Gasteiger partial charge in [0.2, 0.25) is 0 Å². The van der Waals surface area contributed by atoms with E-state index in [1.807, 2.05) is 0 Å². The molecule has 0 saturated heterocycles. The Morgan fingerprint density at radius 1 is 1.36 bits per heavy atom. The Hall–Kier alpha value is -0.780. The maximum atomic E-state index is 12.8. The summed E-state index contributed by atoms with van der Waals surface area (Å²) >= 11 is 3.78. The highest BCUT2D eigenvalue weighted by Crippen LogP contribution is 2.28. The van der Waals surface area contributed by atoms with Crippen molar-refractivity contribution in [2.24, 2.45) is 0 Å². The molecule has 3 N–H and O–H groups in total. The molecule has 1 aromatic carbocycles. The Bertz CT molecular complexity index is 319. The minimum Gasteiger partial charge on any atom is -0.505 e. The van der Waals surface area contributed by atoms with Crippen LogP contribution >= 0.6 is 12.6 Å². The molecule has 1 aromatic rings. The Morgan fingerprint density at radius 3 is 2.57 bits per heavy atom. The maximum absolute atomic E-state index is 12.8. The molecule has 0 spiro atoms. The predicted octanol–water partition coefficient (Wildman–Crippen LogP) is 0.855. The van der Waals surface area contributed by atoms with E-state index in [1.54, 1.807) is 0 Å². The lowest BCUT2D eigenvalue weighted by Gasteiger charge is -2.17. The fourth-order valence-electron chi connectivity index (χ4n) is 1.08. The number of benzene rings is 1. The Morgan fingerprint density at radius 2 is 2.00 bits per heavy atom. The Kier molecular flexibility index (Phi) is 3.74. The molecule has 3 nitrogen and oxygen atoms in total. The molecule has 0 fully saturated rings. The van der Waals surface area contributed by atoms with Crippen LogP contribution in [0.5, 0.6) is 5.75 Å². The molecular formula is C9H11FO3S. The summed E-state index contributed by atoms with van der Waals surface area (Å²) in [6.07, 6.45) is -2.46. The van der Waals surface area contributed by atoms with Gasteiger partial charge < -0.3 is 15.3 Å². The van der Waals surface area contributed by atoms with Gasteiger partial charge in [0.05, 0.1) is 6.10 Å². The molecule has 0 radical (unpaired) electrons. The summed E-state index contributed by atoms with van der Waals surface area (Å²) in [5.41, 5.74) is -0.0356. The summed E-state index contributed by atoms with van der Waals surface area (Å²) in [7, 11) is 0. The lowest BCUT2D eigenvalue weighted by atomic mass is 10.0. The molecule has 0 heterocycles. The number of halogens is 1. The van der Waals surface area contributed by atoms with Gasteiger partial charge in [0.15, 0.2) is 11.6 Å². The predicted molar refractivity (Wildman–Crippen MR) is 52.9 cm³/mol. The summed E-state index contributed by atoms with van der Waals surface area (Å²) in [4.78, 5) is 0. The third kappa shape index (κ3) is 2.17. The van der Waals surface area contributed by atoms with Gasteiger partial charge in [0.1, 0.15) is 6.10 Å². The van der Waals surface area contributed by atoms with Crippen LogP contribution in [0.25, 0.3) is 0 Å². The number of aliphatic hydroxyl groups is 2. The van der Waals surface area contributed by atoms with Gasteiger partial charge in [-0.25, -0.2) is 4.39 Å². The Labute approximate surface area is 86.2 Å². The second-order valence-electron chi connectivity index (χ2n) is 2.87. The molecule has 78 valence electrons. The molecule has 0 saturated carbocycles. The van der Waals surface area contributed by atoms with Gasteiger partial charge in [-0.05, 0) is 6.07 Å². The number of hydrogen-bond donors (Lipinski definition) is 4. The highest BCUT2D eigenvalue weighted by atomic mass is 32.1. The van der Waals surface area contributed by atoms with Crippen molar-refractivity contribution in [3.63, 3.8) is 0 Å². The van der Waals surface area contributed by atoms with Crippen molar-refractivity contribution in [1.82, 2.24) is 0 Å². The highest BCUT2D eigenvalue weighted by Gasteiger charge is 2.21. The van der Waals surface area contributed by atoms with Gasteiger partial charge >= 0.3 is 0 Å². The fraction of sp³-hybridized carbons (Fsp3) is 0.333. The number of phenols is 1. The van der Waals surface area contributed by atoms with E-state index in [4.69, 9.17) is 0 Å². The van der Waals surface area contributed by atoms with Gasteiger partial charge in [0.25, 0.3) is 0 Å². The molecule has 1 rings (SSSR count). The average molecular weight is 218 g/mol. The van der Waals surface area contributed by atoms with Crippen molar-refractivity contribution in [1.29, 1.82) is 0 Å². The zero-order chi connectivity index (χ0) is 10.7. The minimum absolute atomic E-state index is 0.0249. The first-order valence-corrected chi connectivity index (χ1v) is 4.65. The summed E-state index contributed by atoms with van der Waals surface area (Å²) < 4.78 is 12.8. The van der Waals surface area contributed by atoms with Crippen LogP contribution in [-0.4, -0.2) is 27.2 Å². The van der Waals surface area contributed by atoms with E-state index in [1.165, 1.54) is 12.1 Å². The normalized spacial score (nSPS) is 15.1. The zero-order valence-corrected chi connectivity index (χ0v) is 8.16. The van der Waals surface area contributed by atoms with Gasteiger partial charge in [-0.1, -0.05) is 12.1 Å². The topological polar surface area (TPSA) is 60.7 Å². The van der Waals surface area contributed by atoms with E-state index < -0.39 is 23.8 Å².